The highest BCUT2D eigenvalue weighted by atomic mass is 35.5. The number of benzene rings is 2. The van der Waals surface area contributed by atoms with Crippen molar-refractivity contribution in [2.24, 2.45) is 5.84 Å². The summed E-state index contributed by atoms with van der Waals surface area (Å²) in [6.45, 7) is 2.23. The Morgan fingerprint density at radius 1 is 1.30 bits per heavy atom. The maximum absolute atomic E-state index is 11.8. The van der Waals surface area contributed by atoms with E-state index < -0.39 is 12.0 Å². The molecular formula is C17H19ClN2O3. The summed E-state index contributed by atoms with van der Waals surface area (Å²) in [7, 11) is 1.46. The predicted molar refractivity (Wildman–Crippen MR) is 89.0 cm³/mol. The first kappa shape index (κ1) is 17.3. The molecule has 3 N–H and O–H groups in total. The van der Waals surface area contributed by atoms with Gasteiger partial charge in [0.25, 0.3) is 5.91 Å². The SMILES string of the molecule is COC(C(=O)NN)c1ccccc1COc1ccc(Cl)cc1C. The van der Waals surface area contributed by atoms with Gasteiger partial charge in [0.15, 0.2) is 6.10 Å². The van der Waals surface area contributed by atoms with E-state index in [0.717, 1.165) is 16.9 Å². The van der Waals surface area contributed by atoms with Crippen LogP contribution in [0.4, 0.5) is 0 Å². The number of hydrogen-bond donors (Lipinski definition) is 2. The molecule has 0 aromatic heterocycles. The molecule has 6 heteroatoms. The molecule has 0 aliphatic heterocycles. The minimum absolute atomic E-state index is 0.302. The first-order valence-corrected chi connectivity index (χ1v) is 7.44. The molecule has 0 aliphatic carbocycles. The summed E-state index contributed by atoms with van der Waals surface area (Å²) in [4.78, 5) is 11.8. The topological polar surface area (TPSA) is 73.6 Å². The number of nitrogens with one attached hydrogen (secondary N) is 1. The van der Waals surface area contributed by atoms with Crippen LogP contribution in [0.15, 0.2) is 42.5 Å². The van der Waals surface area contributed by atoms with E-state index in [1.807, 2.05) is 43.3 Å². The van der Waals surface area contributed by atoms with E-state index >= 15 is 0 Å². The van der Waals surface area contributed by atoms with Gasteiger partial charge in [0.05, 0.1) is 0 Å². The fourth-order valence-corrected chi connectivity index (χ4v) is 2.53. The minimum atomic E-state index is -0.786. The summed E-state index contributed by atoms with van der Waals surface area (Å²) in [5.74, 6) is 5.53. The third-order valence-electron chi connectivity index (χ3n) is 3.47. The van der Waals surface area contributed by atoms with Crippen LogP contribution in [-0.2, 0) is 16.1 Å². The van der Waals surface area contributed by atoms with Gasteiger partial charge in [0.1, 0.15) is 12.4 Å². The third-order valence-corrected chi connectivity index (χ3v) is 3.71. The van der Waals surface area contributed by atoms with Crippen LogP contribution in [0.5, 0.6) is 5.75 Å². The number of carbonyl (C=O) groups excluding carboxylic acids is 1. The lowest BCUT2D eigenvalue weighted by molar-refractivity contribution is -0.131. The van der Waals surface area contributed by atoms with Crippen LogP contribution in [0.3, 0.4) is 0 Å². The molecule has 0 saturated heterocycles. The summed E-state index contributed by atoms with van der Waals surface area (Å²) in [5, 5.41) is 0.661. The molecule has 2 aromatic rings. The van der Waals surface area contributed by atoms with Crippen molar-refractivity contribution in [3.8, 4) is 5.75 Å². The molecule has 0 heterocycles. The van der Waals surface area contributed by atoms with Crippen molar-refractivity contribution >= 4 is 17.5 Å². The Morgan fingerprint density at radius 3 is 2.70 bits per heavy atom. The highest BCUT2D eigenvalue weighted by Crippen LogP contribution is 2.25. The van der Waals surface area contributed by atoms with E-state index in [2.05, 4.69) is 5.43 Å². The second-order valence-electron chi connectivity index (χ2n) is 5.02. The number of carbonyl (C=O) groups is 1. The van der Waals surface area contributed by atoms with E-state index in [9.17, 15) is 4.79 Å². The summed E-state index contributed by atoms with van der Waals surface area (Å²) in [6, 6.07) is 12.8. The van der Waals surface area contributed by atoms with Gasteiger partial charge >= 0.3 is 0 Å². The zero-order valence-corrected chi connectivity index (χ0v) is 13.8. The Kier molecular flexibility index (Phi) is 5.98. The lowest BCUT2D eigenvalue weighted by Gasteiger charge is -2.18. The van der Waals surface area contributed by atoms with Crippen molar-refractivity contribution in [1.29, 1.82) is 0 Å². The molecule has 5 nitrogen and oxygen atoms in total. The molecule has 1 atom stereocenters. The molecule has 1 amide bonds. The van der Waals surface area contributed by atoms with Gasteiger partial charge in [-0.3, -0.25) is 10.2 Å². The van der Waals surface area contributed by atoms with Crippen LogP contribution in [0.1, 0.15) is 22.8 Å². The van der Waals surface area contributed by atoms with E-state index in [1.54, 1.807) is 6.07 Å². The summed E-state index contributed by atoms with van der Waals surface area (Å²) < 4.78 is 11.1. The molecule has 2 rings (SSSR count). The Morgan fingerprint density at radius 2 is 2.04 bits per heavy atom. The Hall–Kier alpha value is -2.08. The van der Waals surface area contributed by atoms with E-state index in [0.29, 0.717) is 17.2 Å². The third kappa shape index (κ3) is 4.22. The number of nitrogens with two attached hydrogens (primary N) is 1. The van der Waals surface area contributed by atoms with Gasteiger partial charge < -0.3 is 9.47 Å². The Balaban J connectivity index is 2.22. The number of methoxy groups -OCH3 is 1. The van der Waals surface area contributed by atoms with E-state index in [1.165, 1.54) is 7.11 Å². The summed E-state index contributed by atoms with van der Waals surface area (Å²) in [5.41, 5.74) is 4.61. The van der Waals surface area contributed by atoms with Crippen LogP contribution >= 0.6 is 11.6 Å². The number of halogens is 1. The van der Waals surface area contributed by atoms with Crippen LogP contribution in [-0.4, -0.2) is 13.0 Å². The molecule has 23 heavy (non-hydrogen) atoms. The maximum atomic E-state index is 11.8. The lowest BCUT2D eigenvalue weighted by atomic mass is 10.0. The number of hydrogen-bond acceptors (Lipinski definition) is 4. The Bertz CT molecular complexity index is 691. The molecule has 0 spiro atoms. The molecule has 0 radical (unpaired) electrons. The van der Waals surface area contributed by atoms with Crippen LogP contribution < -0.4 is 16.0 Å². The molecule has 2 aromatic carbocycles. The van der Waals surface area contributed by atoms with Crippen molar-refractivity contribution in [3.63, 3.8) is 0 Å². The van der Waals surface area contributed by atoms with Crippen molar-refractivity contribution in [2.75, 3.05) is 7.11 Å². The van der Waals surface area contributed by atoms with Crippen LogP contribution in [0, 0.1) is 6.92 Å². The Labute approximate surface area is 140 Å². The zero-order valence-electron chi connectivity index (χ0n) is 13.0. The number of hydrazine groups is 1. The normalized spacial score (nSPS) is 11.8. The molecule has 1 unspecified atom stereocenters. The molecule has 0 bridgehead atoms. The first-order valence-electron chi connectivity index (χ1n) is 7.06. The minimum Gasteiger partial charge on any atom is -0.489 e. The maximum Gasteiger partial charge on any atom is 0.267 e. The number of amides is 1. The first-order chi connectivity index (χ1) is 11.1. The zero-order chi connectivity index (χ0) is 16.8. The molecule has 0 fully saturated rings. The average Bonchev–Trinajstić information content (AvgIpc) is 2.55. The van der Waals surface area contributed by atoms with Crippen LogP contribution in [0.2, 0.25) is 5.02 Å². The fourth-order valence-electron chi connectivity index (χ4n) is 2.30. The predicted octanol–water partition coefficient (Wildman–Crippen LogP) is 2.90. The highest BCUT2D eigenvalue weighted by Gasteiger charge is 2.22. The number of ether oxygens (including phenoxy) is 2. The van der Waals surface area contributed by atoms with Gasteiger partial charge in [0.2, 0.25) is 0 Å². The molecular weight excluding hydrogens is 316 g/mol. The monoisotopic (exact) mass is 334 g/mol. The van der Waals surface area contributed by atoms with Crippen LogP contribution in [0.25, 0.3) is 0 Å². The van der Waals surface area contributed by atoms with Crippen molar-refractivity contribution in [2.45, 2.75) is 19.6 Å². The van der Waals surface area contributed by atoms with Crippen molar-refractivity contribution < 1.29 is 14.3 Å². The molecule has 0 aliphatic rings. The average molecular weight is 335 g/mol. The van der Waals surface area contributed by atoms with Gasteiger partial charge in [-0.05, 0) is 41.8 Å². The standard InChI is InChI=1S/C17H19ClN2O3/c1-11-9-13(18)7-8-15(11)23-10-12-5-3-4-6-14(12)16(22-2)17(21)20-19/h3-9,16H,10,19H2,1-2H3,(H,20,21). The van der Waals surface area contributed by atoms with Crippen molar-refractivity contribution in [1.82, 2.24) is 5.43 Å². The van der Waals surface area contributed by atoms with Gasteiger partial charge in [-0.25, -0.2) is 5.84 Å². The highest BCUT2D eigenvalue weighted by molar-refractivity contribution is 6.30. The van der Waals surface area contributed by atoms with E-state index in [-0.39, 0.29) is 0 Å². The summed E-state index contributed by atoms with van der Waals surface area (Å²) >= 11 is 5.94. The lowest BCUT2D eigenvalue weighted by Crippen LogP contribution is -2.35. The number of aryl methyl sites for hydroxylation is 1. The van der Waals surface area contributed by atoms with Gasteiger partial charge in [0, 0.05) is 12.1 Å². The number of rotatable bonds is 6. The van der Waals surface area contributed by atoms with Gasteiger partial charge in [-0.15, -0.1) is 0 Å². The fraction of sp³-hybridized carbons (Fsp3) is 0.235. The van der Waals surface area contributed by atoms with Gasteiger partial charge in [-0.1, -0.05) is 35.9 Å². The largest absolute Gasteiger partial charge is 0.489 e. The van der Waals surface area contributed by atoms with E-state index in [4.69, 9.17) is 26.9 Å². The second-order valence-corrected chi connectivity index (χ2v) is 5.46. The van der Waals surface area contributed by atoms with Crippen molar-refractivity contribution in [3.05, 3.63) is 64.2 Å². The molecule has 122 valence electrons. The molecule has 0 saturated carbocycles. The smallest absolute Gasteiger partial charge is 0.267 e. The quantitative estimate of drug-likeness (QED) is 0.484. The summed E-state index contributed by atoms with van der Waals surface area (Å²) in [6.07, 6.45) is -0.786. The second kappa shape index (κ2) is 7.97. The van der Waals surface area contributed by atoms with Gasteiger partial charge in [-0.2, -0.15) is 0 Å².